The van der Waals surface area contributed by atoms with Crippen LogP contribution in [-0.4, -0.2) is 24.5 Å². The van der Waals surface area contributed by atoms with Gasteiger partial charge < -0.3 is 10.1 Å². The van der Waals surface area contributed by atoms with Gasteiger partial charge in [0.05, 0.1) is 12.0 Å². The third-order valence-corrected chi connectivity index (χ3v) is 4.08. The molecule has 1 spiro atoms. The molecule has 1 fully saturated rings. The minimum absolute atomic E-state index is 0. The lowest BCUT2D eigenvalue weighted by atomic mass is 9.82. The second-order valence-corrected chi connectivity index (χ2v) is 5.32. The van der Waals surface area contributed by atoms with Gasteiger partial charge >= 0.3 is 0 Å². The number of rotatable bonds is 1. The zero-order chi connectivity index (χ0) is 12.6. The molecular formula is C15H20ClNO2. The third-order valence-electron chi connectivity index (χ3n) is 4.08. The van der Waals surface area contributed by atoms with Gasteiger partial charge in [0.15, 0.2) is 5.78 Å². The van der Waals surface area contributed by atoms with Crippen molar-refractivity contribution in [1.82, 2.24) is 5.32 Å². The number of nitrogens with one attached hydrogen (secondary N) is 1. The smallest absolute Gasteiger partial charge is 0.170 e. The Balaban J connectivity index is 0.00000133. The summed E-state index contributed by atoms with van der Waals surface area (Å²) in [5.41, 5.74) is 1.73. The van der Waals surface area contributed by atoms with E-state index in [0.29, 0.717) is 6.42 Å². The Labute approximate surface area is 120 Å². The summed E-state index contributed by atoms with van der Waals surface area (Å²) < 4.78 is 6.17. The van der Waals surface area contributed by atoms with E-state index in [2.05, 4.69) is 18.3 Å². The number of fused-ring (bicyclic) bond motifs is 1. The number of benzene rings is 1. The van der Waals surface area contributed by atoms with E-state index in [9.17, 15) is 4.79 Å². The second-order valence-electron chi connectivity index (χ2n) is 5.32. The average Bonchev–Trinajstić information content (AvgIpc) is 2.39. The van der Waals surface area contributed by atoms with Crippen molar-refractivity contribution >= 4 is 18.2 Å². The maximum Gasteiger partial charge on any atom is 0.170 e. The van der Waals surface area contributed by atoms with Gasteiger partial charge in [0.25, 0.3) is 0 Å². The van der Waals surface area contributed by atoms with Crippen LogP contribution in [0.3, 0.4) is 0 Å². The van der Waals surface area contributed by atoms with Crippen molar-refractivity contribution in [3.05, 3.63) is 29.3 Å². The maximum absolute atomic E-state index is 12.3. The molecule has 2 heterocycles. The molecule has 0 aliphatic carbocycles. The van der Waals surface area contributed by atoms with Crippen molar-refractivity contribution in [2.45, 2.75) is 38.2 Å². The normalized spacial score (nSPS) is 20.4. The fraction of sp³-hybridized carbons (Fsp3) is 0.533. The Morgan fingerprint density at radius 2 is 2.05 bits per heavy atom. The molecule has 0 amide bonds. The van der Waals surface area contributed by atoms with Gasteiger partial charge in [-0.05, 0) is 37.2 Å². The molecule has 0 radical (unpaired) electrons. The zero-order valence-corrected chi connectivity index (χ0v) is 12.0. The van der Waals surface area contributed by atoms with Crippen LogP contribution in [0.5, 0.6) is 5.75 Å². The Morgan fingerprint density at radius 1 is 1.32 bits per heavy atom. The molecule has 0 bridgehead atoms. The Kier molecular flexibility index (Phi) is 4.16. The van der Waals surface area contributed by atoms with Crippen molar-refractivity contribution in [3.8, 4) is 5.75 Å². The Bertz CT molecular complexity index is 481. The molecule has 3 nitrogen and oxygen atoms in total. The Hall–Kier alpha value is -1.06. The summed E-state index contributed by atoms with van der Waals surface area (Å²) in [5.74, 6) is 1.03. The molecule has 1 saturated heterocycles. The van der Waals surface area contributed by atoms with Crippen molar-refractivity contribution in [2.75, 3.05) is 13.1 Å². The number of piperidine rings is 1. The highest BCUT2D eigenvalue weighted by Crippen LogP contribution is 2.38. The lowest BCUT2D eigenvalue weighted by molar-refractivity contribution is 0.0187. The van der Waals surface area contributed by atoms with E-state index in [1.165, 1.54) is 5.56 Å². The van der Waals surface area contributed by atoms with E-state index in [1.54, 1.807) is 0 Å². The number of Topliss-reactive ketones (excluding diaryl/α,β-unsaturated/α-hetero) is 1. The summed E-state index contributed by atoms with van der Waals surface area (Å²) in [6.07, 6.45) is 3.34. The van der Waals surface area contributed by atoms with Crippen molar-refractivity contribution in [3.63, 3.8) is 0 Å². The molecule has 1 aromatic carbocycles. The molecule has 1 N–H and O–H groups in total. The minimum atomic E-state index is -0.247. The van der Waals surface area contributed by atoms with Gasteiger partial charge in [-0.3, -0.25) is 4.79 Å². The van der Waals surface area contributed by atoms with Crippen LogP contribution in [-0.2, 0) is 6.42 Å². The van der Waals surface area contributed by atoms with Crippen LogP contribution in [0.4, 0.5) is 0 Å². The van der Waals surface area contributed by atoms with E-state index in [-0.39, 0.29) is 23.8 Å². The first kappa shape index (κ1) is 14.4. The molecule has 2 aliphatic rings. The zero-order valence-electron chi connectivity index (χ0n) is 11.2. The molecule has 0 saturated carbocycles. The maximum atomic E-state index is 12.3. The van der Waals surface area contributed by atoms with Crippen molar-refractivity contribution in [2.24, 2.45) is 0 Å². The quantitative estimate of drug-likeness (QED) is 0.860. The molecule has 2 aliphatic heterocycles. The van der Waals surface area contributed by atoms with Gasteiger partial charge in [0.2, 0.25) is 0 Å². The molecule has 1 aromatic rings. The van der Waals surface area contributed by atoms with E-state index in [1.807, 2.05) is 12.1 Å². The van der Waals surface area contributed by atoms with Gasteiger partial charge in [-0.25, -0.2) is 0 Å². The van der Waals surface area contributed by atoms with Crippen LogP contribution in [0.2, 0.25) is 0 Å². The summed E-state index contributed by atoms with van der Waals surface area (Å²) in [6.45, 7) is 3.98. The standard InChI is InChI=1S/C15H19NO2.ClH/c1-2-11-3-4-14-12(9-11)13(17)10-15(18-14)5-7-16-8-6-15;/h3-4,9,16H,2,5-8,10H2,1H3;1H. The number of hydrogen-bond acceptors (Lipinski definition) is 3. The van der Waals surface area contributed by atoms with Gasteiger partial charge in [-0.1, -0.05) is 13.0 Å². The van der Waals surface area contributed by atoms with Crippen molar-refractivity contribution in [1.29, 1.82) is 0 Å². The van der Waals surface area contributed by atoms with Crippen molar-refractivity contribution < 1.29 is 9.53 Å². The number of carbonyl (C=O) groups is 1. The van der Waals surface area contributed by atoms with E-state index >= 15 is 0 Å². The number of hydrogen-bond donors (Lipinski definition) is 1. The average molecular weight is 282 g/mol. The first-order chi connectivity index (χ1) is 8.72. The number of aryl methyl sites for hydroxylation is 1. The second kappa shape index (κ2) is 5.51. The first-order valence-corrected chi connectivity index (χ1v) is 6.78. The summed E-state index contributed by atoms with van der Waals surface area (Å²) in [4.78, 5) is 12.3. The predicted molar refractivity (Wildman–Crippen MR) is 77.5 cm³/mol. The summed E-state index contributed by atoms with van der Waals surface area (Å²) >= 11 is 0. The molecule has 0 atom stereocenters. The molecule has 0 aromatic heterocycles. The fourth-order valence-electron chi connectivity index (χ4n) is 2.92. The van der Waals surface area contributed by atoms with Crippen LogP contribution < -0.4 is 10.1 Å². The molecule has 4 heteroatoms. The third kappa shape index (κ3) is 2.63. The summed E-state index contributed by atoms with van der Waals surface area (Å²) in [5, 5.41) is 3.32. The van der Waals surface area contributed by atoms with Gasteiger partial charge in [-0.15, -0.1) is 12.4 Å². The van der Waals surface area contributed by atoms with Gasteiger partial charge in [0.1, 0.15) is 11.4 Å². The molecule has 0 unspecified atom stereocenters. The number of carbonyl (C=O) groups excluding carboxylic acids is 1. The number of halogens is 1. The van der Waals surface area contributed by atoms with Crippen LogP contribution in [0.1, 0.15) is 42.1 Å². The fourth-order valence-corrected chi connectivity index (χ4v) is 2.92. The summed E-state index contributed by atoms with van der Waals surface area (Å²) in [6, 6.07) is 6.02. The Morgan fingerprint density at radius 3 is 2.74 bits per heavy atom. The minimum Gasteiger partial charge on any atom is -0.486 e. The van der Waals surface area contributed by atoms with Crippen LogP contribution in [0, 0.1) is 0 Å². The van der Waals surface area contributed by atoms with Crippen LogP contribution in [0.15, 0.2) is 18.2 Å². The lowest BCUT2D eigenvalue weighted by Gasteiger charge is -2.41. The molecular weight excluding hydrogens is 262 g/mol. The topological polar surface area (TPSA) is 38.3 Å². The van der Waals surface area contributed by atoms with Crippen LogP contribution in [0.25, 0.3) is 0 Å². The molecule has 104 valence electrons. The monoisotopic (exact) mass is 281 g/mol. The number of ketones is 1. The number of ether oxygens (including phenoxy) is 1. The highest BCUT2D eigenvalue weighted by molar-refractivity contribution is 6.00. The van der Waals surface area contributed by atoms with E-state index in [0.717, 1.165) is 43.7 Å². The lowest BCUT2D eigenvalue weighted by Crippen LogP contribution is -2.49. The first-order valence-electron chi connectivity index (χ1n) is 6.78. The van der Waals surface area contributed by atoms with Gasteiger partial charge in [0, 0.05) is 12.8 Å². The predicted octanol–water partition coefficient (Wildman–Crippen LogP) is 2.76. The SMILES string of the molecule is CCc1ccc2c(c1)C(=O)CC1(CCNCC1)O2.Cl. The highest BCUT2D eigenvalue weighted by atomic mass is 35.5. The van der Waals surface area contributed by atoms with E-state index in [4.69, 9.17) is 4.74 Å². The molecule has 19 heavy (non-hydrogen) atoms. The molecule has 3 rings (SSSR count). The van der Waals surface area contributed by atoms with Gasteiger partial charge in [-0.2, -0.15) is 0 Å². The summed E-state index contributed by atoms with van der Waals surface area (Å²) in [7, 11) is 0. The highest BCUT2D eigenvalue weighted by Gasteiger charge is 2.41. The van der Waals surface area contributed by atoms with Crippen LogP contribution >= 0.6 is 12.4 Å². The largest absolute Gasteiger partial charge is 0.486 e. The van der Waals surface area contributed by atoms with E-state index < -0.39 is 0 Å².